The van der Waals surface area contributed by atoms with Gasteiger partial charge in [-0.25, -0.2) is 19.0 Å². The third-order valence-electron chi connectivity index (χ3n) is 6.72. The average Bonchev–Trinajstić information content (AvgIpc) is 3.46. The number of aryl methyl sites for hydroxylation is 4. The summed E-state index contributed by atoms with van der Waals surface area (Å²) in [4.78, 5) is 9.40. The van der Waals surface area contributed by atoms with Crippen LogP contribution in [0.4, 0.5) is 11.4 Å². The third-order valence-corrected chi connectivity index (χ3v) is 6.72. The number of rotatable bonds is 8. The highest BCUT2D eigenvalue weighted by Crippen LogP contribution is 2.35. The second kappa shape index (κ2) is 10.8. The van der Waals surface area contributed by atoms with Gasteiger partial charge in [-0.1, -0.05) is 12.1 Å². The number of pyridine rings is 2. The van der Waals surface area contributed by atoms with Crippen LogP contribution in [0.2, 0.25) is 0 Å². The molecule has 1 aliphatic rings. The molecule has 208 valence electrons. The predicted octanol–water partition coefficient (Wildman–Crippen LogP) is 2.31. The number of aromatic nitrogens is 4. The molecular weight excluding hydrogens is 510 g/mol. The number of hydrogen-bond acceptors (Lipinski definition) is 10. The number of nitrogens with zero attached hydrogens (tertiary/aromatic N) is 6. The number of fused-ring (bicyclic) bond motifs is 2. The zero-order chi connectivity index (χ0) is 28.6. The molecule has 0 aromatic carbocycles. The molecule has 1 aliphatic heterocycles. The van der Waals surface area contributed by atoms with E-state index in [9.17, 15) is 0 Å². The number of dihydropyridines is 1. The summed E-state index contributed by atoms with van der Waals surface area (Å²) in [5.41, 5.74) is 24.5. The molecule has 0 saturated heterocycles. The van der Waals surface area contributed by atoms with E-state index in [1.54, 1.807) is 9.03 Å². The lowest BCUT2D eigenvalue weighted by molar-refractivity contribution is 0.315. The maximum absolute atomic E-state index is 8.58. The summed E-state index contributed by atoms with van der Waals surface area (Å²) < 4.78 is 15.2. The van der Waals surface area contributed by atoms with Gasteiger partial charge in [0.05, 0.1) is 22.4 Å². The van der Waals surface area contributed by atoms with Gasteiger partial charge in [0.1, 0.15) is 18.9 Å². The predicted molar refractivity (Wildman–Crippen MR) is 157 cm³/mol. The van der Waals surface area contributed by atoms with Crippen LogP contribution in [0.1, 0.15) is 22.5 Å². The Balaban J connectivity index is 1.61. The number of amidine groups is 2. The molecule has 0 atom stereocenters. The van der Waals surface area contributed by atoms with Crippen molar-refractivity contribution in [3.8, 4) is 11.8 Å². The summed E-state index contributed by atoms with van der Waals surface area (Å²) in [5.74, 6) is 1.10. The van der Waals surface area contributed by atoms with Crippen molar-refractivity contribution in [1.82, 2.24) is 19.2 Å². The minimum absolute atomic E-state index is 0.0790. The van der Waals surface area contributed by atoms with Crippen molar-refractivity contribution in [2.75, 3.05) is 31.6 Å². The minimum atomic E-state index is 0.0790. The Hall–Kier alpha value is -4.75. The van der Waals surface area contributed by atoms with Crippen LogP contribution in [0.15, 0.2) is 46.0 Å². The van der Waals surface area contributed by atoms with Crippen molar-refractivity contribution in [3.05, 3.63) is 58.6 Å². The molecule has 0 bridgehead atoms. The number of ether oxygens (including phenoxy) is 2. The van der Waals surface area contributed by atoms with Gasteiger partial charge in [0, 0.05) is 24.5 Å². The SMILES string of the molecule is Cc1ccc2c(N=C3N=C(Nc4c(OCCN)nn5c(C)c(C)ccc45)C(=N)C=C3N)c(OCCN)nn2c1C. The normalized spacial score (nSPS) is 14.7. The average molecular weight is 544 g/mol. The molecule has 4 aromatic heterocycles. The van der Waals surface area contributed by atoms with E-state index in [1.165, 1.54) is 6.08 Å². The topological polar surface area (TPSA) is 192 Å². The highest BCUT2D eigenvalue weighted by atomic mass is 16.5. The minimum Gasteiger partial charge on any atom is -0.474 e. The summed E-state index contributed by atoms with van der Waals surface area (Å²) in [6.07, 6.45) is 1.50. The molecule has 0 fully saturated rings. The molecule has 4 aromatic rings. The molecule has 0 aliphatic carbocycles. The van der Waals surface area contributed by atoms with E-state index in [0.717, 1.165) is 33.5 Å². The number of nitrogens with two attached hydrogens (primary N) is 3. The first-order chi connectivity index (χ1) is 19.2. The van der Waals surface area contributed by atoms with E-state index in [2.05, 4.69) is 20.5 Å². The molecule has 0 saturated carbocycles. The van der Waals surface area contributed by atoms with E-state index in [-0.39, 0.29) is 36.3 Å². The van der Waals surface area contributed by atoms with Gasteiger partial charge in [-0.05, 0) is 57.0 Å². The molecule has 0 radical (unpaired) electrons. The summed E-state index contributed by atoms with van der Waals surface area (Å²) in [6, 6.07) is 7.85. The number of hydrogen-bond donors (Lipinski definition) is 5. The van der Waals surface area contributed by atoms with Gasteiger partial charge >= 0.3 is 0 Å². The molecule has 0 unspecified atom stereocenters. The van der Waals surface area contributed by atoms with Crippen molar-refractivity contribution < 1.29 is 9.47 Å². The smallest absolute Gasteiger partial charge is 0.260 e. The maximum atomic E-state index is 8.58. The van der Waals surface area contributed by atoms with Gasteiger partial charge in [-0.15, -0.1) is 10.2 Å². The summed E-state index contributed by atoms with van der Waals surface area (Å²) in [5, 5.41) is 21.1. The molecule has 5 heterocycles. The van der Waals surface area contributed by atoms with Gasteiger partial charge in [0.25, 0.3) is 11.8 Å². The lowest BCUT2D eigenvalue weighted by Crippen LogP contribution is -2.29. The Labute approximate surface area is 230 Å². The molecule has 40 heavy (non-hydrogen) atoms. The van der Waals surface area contributed by atoms with E-state index < -0.39 is 0 Å². The second-order valence-electron chi connectivity index (χ2n) is 9.44. The van der Waals surface area contributed by atoms with E-state index in [0.29, 0.717) is 36.2 Å². The molecule has 5 rings (SSSR count). The summed E-state index contributed by atoms with van der Waals surface area (Å²) >= 11 is 0. The van der Waals surface area contributed by atoms with Crippen LogP contribution >= 0.6 is 0 Å². The van der Waals surface area contributed by atoms with Gasteiger partial charge in [0.2, 0.25) is 0 Å². The zero-order valence-corrected chi connectivity index (χ0v) is 22.9. The van der Waals surface area contributed by atoms with E-state index in [1.807, 2.05) is 52.0 Å². The first-order valence-corrected chi connectivity index (χ1v) is 12.9. The van der Waals surface area contributed by atoms with Crippen LogP contribution in [-0.4, -0.2) is 62.9 Å². The van der Waals surface area contributed by atoms with E-state index >= 15 is 0 Å². The van der Waals surface area contributed by atoms with Crippen molar-refractivity contribution in [2.45, 2.75) is 27.7 Å². The highest BCUT2D eigenvalue weighted by molar-refractivity contribution is 6.52. The molecule has 13 nitrogen and oxygen atoms in total. The van der Waals surface area contributed by atoms with Crippen molar-refractivity contribution in [1.29, 1.82) is 5.41 Å². The first-order valence-electron chi connectivity index (χ1n) is 12.9. The largest absolute Gasteiger partial charge is 0.474 e. The Morgan fingerprint density at radius 1 is 0.875 bits per heavy atom. The number of aliphatic imine (C=N–C) groups is 2. The van der Waals surface area contributed by atoms with Crippen LogP contribution < -0.4 is 32.0 Å². The van der Waals surface area contributed by atoms with Crippen molar-refractivity contribution in [3.63, 3.8) is 0 Å². The summed E-state index contributed by atoms with van der Waals surface area (Å²) in [6.45, 7) is 9.15. The van der Waals surface area contributed by atoms with Crippen LogP contribution in [0, 0.1) is 33.1 Å². The zero-order valence-electron chi connectivity index (χ0n) is 22.9. The third kappa shape index (κ3) is 4.76. The fourth-order valence-corrected chi connectivity index (χ4v) is 4.27. The van der Waals surface area contributed by atoms with Crippen LogP contribution in [0.25, 0.3) is 11.0 Å². The van der Waals surface area contributed by atoms with Gasteiger partial charge < -0.3 is 32.0 Å². The molecule has 0 spiro atoms. The highest BCUT2D eigenvalue weighted by Gasteiger charge is 2.24. The molecule has 0 amide bonds. The summed E-state index contributed by atoms with van der Waals surface area (Å²) in [7, 11) is 0. The standard InChI is InChI=1S/C27H33N11O2/c1-14-5-7-20-22(26(39-11-9-28)35-37(20)16(14)3)32-24-18(30)13-19(31)25(34-24)33-23-21-8-6-15(2)17(4)38(21)36-27(23)40-12-10-29/h5-8,13,30H,9-12,28-29,31H2,1-4H3,(H,32,33,34). The van der Waals surface area contributed by atoms with Gasteiger partial charge in [0.15, 0.2) is 17.4 Å². The molecule has 8 N–H and O–H groups in total. The Kier molecular flexibility index (Phi) is 7.24. The Bertz CT molecular complexity index is 1730. The Morgan fingerprint density at radius 2 is 1.45 bits per heavy atom. The maximum Gasteiger partial charge on any atom is 0.260 e. The van der Waals surface area contributed by atoms with Crippen molar-refractivity contribution >= 4 is 39.8 Å². The quantitative estimate of drug-likeness (QED) is 0.223. The molecular formula is C27H33N11O2. The second-order valence-corrected chi connectivity index (χ2v) is 9.44. The lowest BCUT2D eigenvalue weighted by Gasteiger charge is -2.15. The number of nitrogens with one attached hydrogen (secondary N) is 2. The Morgan fingerprint density at radius 3 is 2.10 bits per heavy atom. The van der Waals surface area contributed by atoms with Gasteiger partial charge in [-0.3, -0.25) is 5.41 Å². The fraction of sp³-hybridized carbons (Fsp3) is 0.296. The fourth-order valence-electron chi connectivity index (χ4n) is 4.27. The van der Waals surface area contributed by atoms with Gasteiger partial charge in [-0.2, -0.15) is 0 Å². The van der Waals surface area contributed by atoms with Crippen LogP contribution in [-0.2, 0) is 0 Å². The first kappa shape index (κ1) is 26.8. The van der Waals surface area contributed by atoms with E-state index in [4.69, 9.17) is 37.1 Å². The van der Waals surface area contributed by atoms with Crippen molar-refractivity contribution in [2.24, 2.45) is 27.2 Å². The van der Waals surface area contributed by atoms with Crippen LogP contribution in [0.5, 0.6) is 11.8 Å². The monoisotopic (exact) mass is 543 g/mol. The lowest BCUT2D eigenvalue weighted by atomic mass is 10.2. The molecule has 13 heteroatoms. The number of anilines is 1. The van der Waals surface area contributed by atoms with Crippen LogP contribution in [0.3, 0.4) is 0 Å².